The summed E-state index contributed by atoms with van der Waals surface area (Å²) in [6.45, 7) is 7.29. The van der Waals surface area contributed by atoms with E-state index in [1.54, 1.807) is 6.07 Å². The minimum absolute atomic E-state index is 0.217. The van der Waals surface area contributed by atoms with Crippen LogP contribution in [-0.2, 0) is 16.1 Å². The van der Waals surface area contributed by atoms with Gasteiger partial charge in [-0.1, -0.05) is 19.3 Å². The fourth-order valence-electron chi connectivity index (χ4n) is 6.69. The number of likely N-dealkylation sites (tertiary alicyclic amines) is 2. The Balaban J connectivity index is 1.09. The molecular weight excluding hydrogens is 471 g/mol. The van der Waals surface area contributed by atoms with Crippen LogP contribution in [0, 0.1) is 5.82 Å². The number of halogens is 1. The fraction of sp³-hybridized carbons (Fsp3) is 0.690. The van der Waals surface area contributed by atoms with Gasteiger partial charge in [0.05, 0.1) is 0 Å². The van der Waals surface area contributed by atoms with E-state index in [0.29, 0.717) is 18.5 Å². The van der Waals surface area contributed by atoms with Crippen molar-refractivity contribution in [1.82, 2.24) is 20.0 Å². The molecule has 3 fully saturated rings. The molecule has 0 aliphatic carbocycles. The zero-order chi connectivity index (χ0) is 25.8. The summed E-state index contributed by atoms with van der Waals surface area (Å²) in [5, 5.41) is 2.34. The highest BCUT2D eigenvalue weighted by molar-refractivity contribution is 6.05. The van der Waals surface area contributed by atoms with Gasteiger partial charge in [0, 0.05) is 18.5 Å². The average Bonchev–Trinajstić information content (AvgIpc) is 3.52. The molecule has 37 heavy (non-hydrogen) atoms. The maximum atomic E-state index is 14.6. The molecule has 0 bridgehead atoms. The van der Waals surface area contributed by atoms with Gasteiger partial charge in [0.1, 0.15) is 11.9 Å². The number of hydrogen-bond donors (Lipinski definition) is 1. The number of carbonyl (C=O) groups is 3. The maximum absolute atomic E-state index is 14.6. The Morgan fingerprint density at radius 3 is 2.16 bits per heavy atom. The van der Waals surface area contributed by atoms with Crippen molar-refractivity contribution in [3.8, 4) is 0 Å². The fourth-order valence-corrected chi connectivity index (χ4v) is 6.69. The number of imide groups is 1. The Labute approximate surface area is 219 Å². The molecule has 0 saturated carbocycles. The first-order chi connectivity index (χ1) is 18.0. The van der Waals surface area contributed by atoms with Crippen molar-refractivity contribution in [3.63, 3.8) is 0 Å². The van der Waals surface area contributed by atoms with E-state index in [1.807, 2.05) is 0 Å². The van der Waals surface area contributed by atoms with Crippen LogP contribution < -0.4 is 5.32 Å². The maximum Gasteiger partial charge on any atom is 0.255 e. The van der Waals surface area contributed by atoms with E-state index in [-0.39, 0.29) is 30.0 Å². The third-order valence-corrected chi connectivity index (χ3v) is 8.83. The first-order valence-electron chi connectivity index (χ1n) is 14.4. The summed E-state index contributed by atoms with van der Waals surface area (Å²) in [5.41, 5.74) is 2.17. The number of rotatable bonds is 10. The highest BCUT2D eigenvalue weighted by Crippen LogP contribution is 2.37. The monoisotopic (exact) mass is 512 g/mol. The second-order valence-corrected chi connectivity index (χ2v) is 11.4. The Bertz CT molecular complexity index is 1000. The summed E-state index contributed by atoms with van der Waals surface area (Å²) in [6.07, 6.45) is 11.7. The Hall–Kier alpha value is -2.32. The molecule has 4 heterocycles. The molecule has 4 aliphatic heterocycles. The molecule has 0 radical (unpaired) electrons. The number of unbranched alkanes of at least 4 members (excludes halogenated alkanes) is 4. The van der Waals surface area contributed by atoms with Crippen LogP contribution in [-0.4, -0.2) is 77.7 Å². The van der Waals surface area contributed by atoms with Crippen LogP contribution in [0.2, 0.25) is 0 Å². The van der Waals surface area contributed by atoms with Crippen molar-refractivity contribution in [2.45, 2.75) is 89.1 Å². The second-order valence-electron chi connectivity index (χ2n) is 11.4. The topological polar surface area (TPSA) is 73.0 Å². The zero-order valence-corrected chi connectivity index (χ0v) is 22.0. The van der Waals surface area contributed by atoms with E-state index in [9.17, 15) is 18.8 Å². The van der Waals surface area contributed by atoms with Gasteiger partial charge in [0.15, 0.2) is 0 Å². The standard InChI is InChI=1S/C29H41FN4O3/c30-22-18-23(25-20-34(29(37)24(25)19-22)26-8-9-27(35)31-28(26)36)21-10-16-33(17-11-21)13-5-3-1-2-4-12-32-14-6-7-15-32/h18-19,21,26H,1-17,20H2,(H,31,35,36). The molecule has 5 rings (SSSR count). The van der Waals surface area contributed by atoms with Crippen LogP contribution in [0.5, 0.6) is 0 Å². The molecule has 1 aromatic carbocycles. The van der Waals surface area contributed by atoms with Crippen LogP contribution in [0.25, 0.3) is 0 Å². The first kappa shape index (κ1) is 26.3. The summed E-state index contributed by atoms with van der Waals surface area (Å²) in [5.74, 6) is -1.20. The third kappa shape index (κ3) is 6.23. The Morgan fingerprint density at radius 1 is 0.838 bits per heavy atom. The zero-order valence-electron chi connectivity index (χ0n) is 22.0. The lowest BCUT2D eigenvalue weighted by Crippen LogP contribution is -2.52. The molecule has 202 valence electrons. The second kappa shape index (κ2) is 12.0. The largest absolute Gasteiger partial charge is 0.322 e. The number of piperidine rings is 2. The lowest BCUT2D eigenvalue weighted by molar-refractivity contribution is -0.136. The summed E-state index contributed by atoms with van der Waals surface area (Å²) in [6, 6.07) is 2.24. The highest BCUT2D eigenvalue weighted by Gasteiger charge is 2.41. The number of hydrogen-bond acceptors (Lipinski definition) is 5. The lowest BCUT2D eigenvalue weighted by atomic mass is 9.85. The van der Waals surface area contributed by atoms with Crippen molar-refractivity contribution in [3.05, 3.63) is 34.6 Å². The van der Waals surface area contributed by atoms with E-state index < -0.39 is 11.9 Å². The molecule has 7 nitrogen and oxygen atoms in total. The normalized spacial score (nSPS) is 23.6. The van der Waals surface area contributed by atoms with E-state index >= 15 is 0 Å². The quantitative estimate of drug-likeness (QED) is 0.381. The molecule has 1 aromatic rings. The number of benzene rings is 1. The summed E-state index contributed by atoms with van der Waals surface area (Å²) in [7, 11) is 0. The van der Waals surface area contributed by atoms with E-state index in [2.05, 4.69) is 15.1 Å². The van der Waals surface area contributed by atoms with Gasteiger partial charge in [-0.25, -0.2) is 4.39 Å². The highest BCUT2D eigenvalue weighted by atomic mass is 19.1. The smallest absolute Gasteiger partial charge is 0.255 e. The summed E-state index contributed by atoms with van der Waals surface area (Å²) in [4.78, 5) is 43.7. The molecule has 1 N–H and O–H groups in total. The summed E-state index contributed by atoms with van der Waals surface area (Å²) >= 11 is 0. The number of nitrogens with zero attached hydrogens (tertiary/aromatic N) is 3. The van der Waals surface area contributed by atoms with Gasteiger partial charge >= 0.3 is 0 Å². The van der Waals surface area contributed by atoms with Gasteiger partial charge in [-0.2, -0.15) is 0 Å². The van der Waals surface area contributed by atoms with Crippen LogP contribution in [0.3, 0.4) is 0 Å². The molecule has 8 heteroatoms. The van der Waals surface area contributed by atoms with Gasteiger partial charge in [-0.05, 0) is 113 Å². The van der Waals surface area contributed by atoms with Crippen molar-refractivity contribution in [1.29, 1.82) is 0 Å². The van der Waals surface area contributed by atoms with Gasteiger partial charge in [-0.3, -0.25) is 19.7 Å². The lowest BCUT2D eigenvalue weighted by Gasteiger charge is -2.33. The van der Waals surface area contributed by atoms with Gasteiger partial charge in [0.25, 0.3) is 5.91 Å². The SMILES string of the molecule is O=C1CCC(N2Cc3c(cc(F)cc3C3CCN(CCCCCCCN4CCCC4)CC3)C2=O)C(=O)N1. The van der Waals surface area contributed by atoms with Crippen LogP contribution in [0.4, 0.5) is 4.39 Å². The number of fused-ring (bicyclic) bond motifs is 1. The van der Waals surface area contributed by atoms with Crippen LogP contribution >= 0.6 is 0 Å². The van der Waals surface area contributed by atoms with Crippen molar-refractivity contribution in [2.75, 3.05) is 39.3 Å². The molecule has 1 atom stereocenters. The first-order valence-corrected chi connectivity index (χ1v) is 14.4. The van der Waals surface area contributed by atoms with Crippen molar-refractivity contribution >= 4 is 17.7 Å². The van der Waals surface area contributed by atoms with Crippen LogP contribution in [0.1, 0.15) is 98.0 Å². The van der Waals surface area contributed by atoms with E-state index in [0.717, 1.165) is 43.6 Å². The predicted molar refractivity (Wildman–Crippen MR) is 140 cm³/mol. The van der Waals surface area contributed by atoms with E-state index in [1.165, 1.54) is 75.5 Å². The molecule has 3 saturated heterocycles. The molecule has 4 aliphatic rings. The van der Waals surface area contributed by atoms with Crippen LogP contribution in [0.15, 0.2) is 12.1 Å². The average molecular weight is 513 g/mol. The van der Waals surface area contributed by atoms with Gasteiger partial charge in [0.2, 0.25) is 11.8 Å². The van der Waals surface area contributed by atoms with E-state index in [4.69, 9.17) is 0 Å². The Morgan fingerprint density at radius 2 is 1.49 bits per heavy atom. The molecule has 1 unspecified atom stereocenters. The van der Waals surface area contributed by atoms with Crippen molar-refractivity contribution in [2.24, 2.45) is 0 Å². The number of carbonyl (C=O) groups excluding carboxylic acids is 3. The molecular formula is C29H41FN4O3. The molecule has 0 aromatic heterocycles. The molecule has 0 spiro atoms. The molecule has 3 amide bonds. The van der Waals surface area contributed by atoms with Gasteiger partial charge < -0.3 is 14.7 Å². The van der Waals surface area contributed by atoms with Crippen molar-refractivity contribution < 1.29 is 18.8 Å². The minimum atomic E-state index is -0.671. The summed E-state index contributed by atoms with van der Waals surface area (Å²) < 4.78 is 14.6. The number of amides is 3. The van der Waals surface area contributed by atoms with Gasteiger partial charge in [-0.15, -0.1) is 0 Å². The number of nitrogens with one attached hydrogen (secondary N) is 1. The minimum Gasteiger partial charge on any atom is -0.322 e. The third-order valence-electron chi connectivity index (χ3n) is 8.83. The Kier molecular flexibility index (Phi) is 8.55. The predicted octanol–water partition coefficient (Wildman–Crippen LogP) is 3.81.